The van der Waals surface area contributed by atoms with E-state index in [1.165, 1.54) is 0 Å². The van der Waals surface area contributed by atoms with E-state index in [2.05, 4.69) is 46.7 Å². The highest BCUT2D eigenvalue weighted by atomic mass is 32.1. The number of nitrogens with one attached hydrogen (secondary N) is 1. The van der Waals surface area contributed by atoms with E-state index >= 15 is 0 Å². The van der Waals surface area contributed by atoms with E-state index in [9.17, 15) is 0 Å². The molecule has 90 valence electrons. The zero-order valence-corrected chi connectivity index (χ0v) is 11.3. The van der Waals surface area contributed by atoms with E-state index in [1.54, 1.807) is 0 Å². The molecular weight excluding hydrogens is 220 g/mol. The minimum Gasteiger partial charge on any atom is -0.369 e. The number of hydrogen-bond acceptors (Lipinski definition) is 5. The summed E-state index contributed by atoms with van der Waals surface area (Å²) < 4.78 is 0. The summed E-state index contributed by atoms with van der Waals surface area (Å²) in [6.07, 6.45) is 0. The number of anilines is 2. The van der Waals surface area contributed by atoms with Gasteiger partial charge in [-0.05, 0) is 20.8 Å². The lowest BCUT2D eigenvalue weighted by Crippen LogP contribution is -2.27. The maximum Gasteiger partial charge on any atom is 0.134 e. The molecule has 0 radical (unpaired) electrons. The van der Waals surface area contributed by atoms with Gasteiger partial charge in [0.05, 0.1) is 0 Å². The van der Waals surface area contributed by atoms with Gasteiger partial charge in [0.2, 0.25) is 0 Å². The van der Waals surface area contributed by atoms with Crippen LogP contribution in [0.2, 0.25) is 0 Å². The van der Waals surface area contributed by atoms with Gasteiger partial charge >= 0.3 is 0 Å². The van der Waals surface area contributed by atoms with Gasteiger partial charge < -0.3 is 10.2 Å². The van der Waals surface area contributed by atoms with Crippen LogP contribution in [0.25, 0.3) is 0 Å². The second kappa shape index (κ2) is 5.94. The number of rotatable bonds is 5. The molecule has 1 heterocycles. The Morgan fingerprint density at radius 1 is 1.44 bits per heavy atom. The highest BCUT2D eigenvalue weighted by Gasteiger charge is 2.08. The van der Waals surface area contributed by atoms with Gasteiger partial charge in [0.1, 0.15) is 17.5 Å². The lowest BCUT2D eigenvalue weighted by molar-refractivity contribution is 0.739. The molecule has 0 bridgehead atoms. The van der Waals surface area contributed by atoms with E-state index in [0.717, 1.165) is 29.8 Å². The molecule has 5 heteroatoms. The average molecular weight is 240 g/mol. The van der Waals surface area contributed by atoms with Gasteiger partial charge in [-0.2, -0.15) is 12.6 Å². The Balaban J connectivity index is 2.89. The summed E-state index contributed by atoms with van der Waals surface area (Å²) in [6, 6.07) is 2.39. The molecule has 1 aromatic rings. The van der Waals surface area contributed by atoms with Gasteiger partial charge in [-0.1, -0.05) is 0 Å². The van der Waals surface area contributed by atoms with Gasteiger partial charge in [0.15, 0.2) is 0 Å². The fraction of sp³-hybridized carbons (Fsp3) is 0.636. The first kappa shape index (κ1) is 13.1. The molecule has 0 aliphatic rings. The maximum absolute atomic E-state index is 4.42. The van der Waals surface area contributed by atoms with Crippen LogP contribution in [-0.4, -0.2) is 35.4 Å². The fourth-order valence-electron chi connectivity index (χ4n) is 1.27. The summed E-state index contributed by atoms with van der Waals surface area (Å²) in [7, 11) is 2.04. The first-order valence-corrected chi connectivity index (χ1v) is 6.11. The lowest BCUT2D eigenvalue weighted by Gasteiger charge is -2.23. The van der Waals surface area contributed by atoms with Gasteiger partial charge in [0, 0.05) is 31.5 Å². The van der Waals surface area contributed by atoms with E-state index in [0.29, 0.717) is 6.04 Å². The van der Waals surface area contributed by atoms with Crippen molar-refractivity contribution in [1.82, 2.24) is 9.97 Å². The topological polar surface area (TPSA) is 41.1 Å². The average Bonchev–Trinajstić information content (AvgIpc) is 2.24. The summed E-state index contributed by atoms with van der Waals surface area (Å²) in [5.41, 5.74) is 0. The Morgan fingerprint density at radius 3 is 2.69 bits per heavy atom. The minimum absolute atomic E-state index is 0.423. The van der Waals surface area contributed by atoms with Crippen molar-refractivity contribution in [3.63, 3.8) is 0 Å². The fourth-order valence-corrected chi connectivity index (χ4v) is 1.38. The first-order valence-electron chi connectivity index (χ1n) is 5.48. The van der Waals surface area contributed by atoms with E-state index in [-0.39, 0.29) is 0 Å². The SMILES string of the molecule is Cc1nc(NCCS)cc(N(C)C(C)C)n1. The third kappa shape index (κ3) is 3.56. The molecule has 0 amide bonds. The molecule has 4 nitrogen and oxygen atoms in total. The summed E-state index contributed by atoms with van der Waals surface area (Å²) in [6.45, 7) is 6.99. The van der Waals surface area contributed by atoms with Crippen molar-refractivity contribution < 1.29 is 0 Å². The Kier molecular flexibility index (Phi) is 4.86. The second-order valence-electron chi connectivity index (χ2n) is 4.01. The Morgan fingerprint density at radius 2 is 2.12 bits per heavy atom. The van der Waals surface area contributed by atoms with Crippen LogP contribution in [0, 0.1) is 6.92 Å². The second-order valence-corrected chi connectivity index (χ2v) is 4.46. The molecule has 1 rings (SSSR count). The summed E-state index contributed by atoms with van der Waals surface area (Å²) in [5.74, 6) is 3.39. The highest BCUT2D eigenvalue weighted by Crippen LogP contribution is 2.16. The molecule has 0 aromatic carbocycles. The Labute approximate surface area is 103 Å². The van der Waals surface area contributed by atoms with Crippen LogP contribution in [-0.2, 0) is 0 Å². The quantitative estimate of drug-likeness (QED) is 0.772. The van der Waals surface area contributed by atoms with Crippen LogP contribution in [0.1, 0.15) is 19.7 Å². The van der Waals surface area contributed by atoms with Crippen molar-refractivity contribution in [2.75, 3.05) is 29.6 Å². The van der Waals surface area contributed by atoms with Gasteiger partial charge in [-0.25, -0.2) is 9.97 Å². The third-order valence-electron chi connectivity index (χ3n) is 2.38. The van der Waals surface area contributed by atoms with Crippen molar-refractivity contribution in [2.24, 2.45) is 0 Å². The van der Waals surface area contributed by atoms with Crippen molar-refractivity contribution in [1.29, 1.82) is 0 Å². The standard InChI is InChI=1S/C11H20N4S/c1-8(2)15(4)11-7-10(12-5-6-16)13-9(3)14-11/h7-8,16H,5-6H2,1-4H3,(H,12,13,14). The molecule has 0 spiro atoms. The number of aromatic nitrogens is 2. The highest BCUT2D eigenvalue weighted by molar-refractivity contribution is 7.80. The van der Waals surface area contributed by atoms with Crippen molar-refractivity contribution >= 4 is 24.3 Å². The van der Waals surface area contributed by atoms with Crippen molar-refractivity contribution in [3.8, 4) is 0 Å². The van der Waals surface area contributed by atoms with Crippen LogP contribution in [0.5, 0.6) is 0 Å². The maximum atomic E-state index is 4.42. The predicted octanol–water partition coefficient (Wildman–Crippen LogP) is 1.97. The van der Waals surface area contributed by atoms with Gasteiger partial charge in [0.25, 0.3) is 0 Å². The Hall–Kier alpha value is -0.970. The molecule has 1 aromatic heterocycles. The minimum atomic E-state index is 0.423. The number of hydrogen-bond donors (Lipinski definition) is 2. The Bertz CT molecular complexity index is 341. The third-order valence-corrected chi connectivity index (χ3v) is 2.60. The van der Waals surface area contributed by atoms with Crippen molar-refractivity contribution in [2.45, 2.75) is 26.8 Å². The van der Waals surface area contributed by atoms with E-state index in [1.807, 2.05) is 20.0 Å². The number of aryl methyl sites for hydroxylation is 1. The van der Waals surface area contributed by atoms with Crippen LogP contribution < -0.4 is 10.2 Å². The summed E-state index contributed by atoms with van der Waals surface area (Å²) >= 11 is 4.16. The number of nitrogens with zero attached hydrogens (tertiary/aromatic N) is 3. The first-order chi connectivity index (χ1) is 7.54. The van der Waals surface area contributed by atoms with Crippen molar-refractivity contribution in [3.05, 3.63) is 11.9 Å². The van der Waals surface area contributed by atoms with Crippen LogP contribution in [0.15, 0.2) is 6.07 Å². The molecule has 0 fully saturated rings. The number of thiol groups is 1. The van der Waals surface area contributed by atoms with Gasteiger partial charge in [-0.15, -0.1) is 0 Å². The largest absolute Gasteiger partial charge is 0.369 e. The molecule has 0 saturated heterocycles. The molecule has 0 atom stereocenters. The molecule has 0 unspecified atom stereocenters. The van der Waals surface area contributed by atoms with Crippen LogP contribution in [0.3, 0.4) is 0 Å². The molecule has 0 aliphatic carbocycles. The van der Waals surface area contributed by atoms with Crippen LogP contribution >= 0.6 is 12.6 Å². The molecule has 1 N–H and O–H groups in total. The van der Waals surface area contributed by atoms with E-state index < -0.39 is 0 Å². The van der Waals surface area contributed by atoms with E-state index in [4.69, 9.17) is 0 Å². The molecule has 0 saturated carbocycles. The monoisotopic (exact) mass is 240 g/mol. The zero-order chi connectivity index (χ0) is 12.1. The normalized spacial score (nSPS) is 10.6. The zero-order valence-electron chi connectivity index (χ0n) is 10.4. The summed E-state index contributed by atoms with van der Waals surface area (Å²) in [4.78, 5) is 10.9. The van der Waals surface area contributed by atoms with Crippen LogP contribution in [0.4, 0.5) is 11.6 Å². The summed E-state index contributed by atoms with van der Waals surface area (Å²) in [5, 5.41) is 3.22. The smallest absolute Gasteiger partial charge is 0.134 e. The lowest BCUT2D eigenvalue weighted by atomic mass is 10.3. The molecular formula is C11H20N4S. The molecule has 0 aliphatic heterocycles. The predicted molar refractivity (Wildman–Crippen MR) is 72.7 cm³/mol. The molecule has 16 heavy (non-hydrogen) atoms. The van der Waals surface area contributed by atoms with Gasteiger partial charge in [-0.3, -0.25) is 0 Å².